The van der Waals surface area contributed by atoms with Gasteiger partial charge in [-0.15, -0.1) is 10.2 Å². The molecule has 0 N–H and O–H groups in total. The average molecular weight is 323 g/mol. The Kier molecular flexibility index (Phi) is 4.13. The van der Waals surface area contributed by atoms with Crippen LogP contribution in [0.4, 0.5) is 0 Å². The number of benzene rings is 1. The van der Waals surface area contributed by atoms with E-state index in [2.05, 4.69) is 27.1 Å². The maximum atomic E-state index is 5.94. The number of likely N-dealkylation sites (tertiary alicyclic amines) is 1. The van der Waals surface area contributed by atoms with E-state index in [-0.39, 0.29) is 6.04 Å². The number of nitrogens with zero attached hydrogens (tertiary/aromatic N) is 5. The quantitative estimate of drug-likeness (QED) is 0.722. The zero-order valence-electron chi connectivity index (χ0n) is 13.7. The van der Waals surface area contributed by atoms with E-state index in [1.165, 1.54) is 12.8 Å². The van der Waals surface area contributed by atoms with E-state index < -0.39 is 0 Å². The summed E-state index contributed by atoms with van der Waals surface area (Å²) in [5, 5.41) is 12.8. The van der Waals surface area contributed by atoms with Gasteiger partial charge in [0.1, 0.15) is 0 Å². The number of rotatable bonds is 5. The Balaban J connectivity index is 1.50. The van der Waals surface area contributed by atoms with E-state index >= 15 is 0 Å². The van der Waals surface area contributed by atoms with Crippen molar-refractivity contribution in [1.29, 1.82) is 0 Å². The third kappa shape index (κ3) is 2.97. The van der Waals surface area contributed by atoms with Crippen molar-refractivity contribution >= 4 is 0 Å². The normalized spacial score (nSPS) is 19.6. The molecule has 1 aliphatic rings. The van der Waals surface area contributed by atoms with Crippen LogP contribution in [0, 0.1) is 0 Å². The molecule has 0 amide bonds. The zero-order valence-corrected chi connectivity index (χ0v) is 13.7. The van der Waals surface area contributed by atoms with Gasteiger partial charge < -0.3 is 4.42 Å². The number of hydrogen-bond donors (Lipinski definition) is 0. The lowest BCUT2D eigenvalue weighted by Gasteiger charge is -2.28. The molecule has 6 nitrogen and oxygen atoms in total. The molecule has 6 heteroatoms. The lowest BCUT2D eigenvalue weighted by molar-refractivity contribution is 0.152. The van der Waals surface area contributed by atoms with Crippen molar-refractivity contribution in [2.45, 2.75) is 38.4 Å². The van der Waals surface area contributed by atoms with E-state index in [4.69, 9.17) is 4.42 Å². The molecule has 4 rings (SSSR count). The average Bonchev–Trinajstić information content (AvgIpc) is 3.37. The van der Waals surface area contributed by atoms with E-state index in [1.54, 1.807) is 0 Å². The summed E-state index contributed by atoms with van der Waals surface area (Å²) in [4.78, 5) is 2.45. The van der Waals surface area contributed by atoms with Gasteiger partial charge in [-0.05, 0) is 44.5 Å². The highest BCUT2D eigenvalue weighted by Gasteiger charge is 2.32. The Hall–Kier alpha value is -2.47. The summed E-state index contributed by atoms with van der Waals surface area (Å²) < 4.78 is 7.94. The Morgan fingerprint density at radius 2 is 2.08 bits per heavy atom. The fraction of sp³-hybridized carbons (Fsp3) is 0.389. The standard InChI is InChI=1S/C18H21N5O/c1-14(17-20-21-18(24-17)15-7-3-2-4-8-15)23-12-5-9-16(23)13-22-11-6-10-19-22/h2-4,6-8,10-11,14,16H,5,9,12-13H2,1H3/t14-,16-/m1/s1. The van der Waals surface area contributed by atoms with E-state index in [1.807, 2.05) is 53.5 Å². The van der Waals surface area contributed by atoms with Gasteiger partial charge >= 0.3 is 0 Å². The topological polar surface area (TPSA) is 60.0 Å². The van der Waals surface area contributed by atoms with Gasteiger partial charge in [-0.2, -0.15) is 5.10 Å². The van der Waals surface area contributed by atoms with Gasteiger partial charge in [0.05, 0.1) is 12.6 Å². The van der Waals surface area contributed by atoms with Crippen molar-refractivity contribution in [3.8, 4) is 11.5 Å². The van der Waals surface area contributed by atoms with Crippen molar-refractivity contribution in [3.63, 3.8) is 0 Å². The highest BCUT2D eigenvalue weighted by atomic mass is 16.4. The molecule has 0 bridgehead atoms. The Labute approximate surface area is 141 Å². The van der Waals surface area contributed by atoms with Gasteiger partial charge in [-0.3, -0.25) is 9.58 Å². The minimum Gasteiger partial charge on any atom is -0.419 e. The van der Waals surface area contributed by atoms with E-state index in [0.717, 1.165) is 18.7 Å². The first-order valence-corrected chi connectivity index (χ1v) is 8.43. The van der Waals surface area contributed by atoms with Crippen LogP contribution < -0.4 is 0 Å². The molecule has 0 unspecified atom stereocenters. The van der Waals surface area contributed by atoms with Crippen LogP contribution in [0.15, 0.2) is 53.2 Å². The highest BCUT2D eigenvalue weighted by molar-refractivity contribution is 5.51. The third-order valence-corrected chi connectivity index (χ3v) is 4.70. The van der Waals surface area contributed by atoms with Crippen LogP contribution in [0.2, 0.25) is 0 Å². The lowest BCUT2D eigenvalue weighted by atomic mass is 10.2. The summed E-state index contributed by atoms with van der Waals surface area (Å²) in [6.45, 7) is 4.09. The minimum atomic E-state index is 0.109. The fourth-order valence-electron chi connectivity index (χ4n) is 3.43. The van der Waals surface area contributed by atoms with Gasteiger partial charge in [0.2, 0.25) is 11.8 Å². The molecular weight excluding hydrogens is 302 g/mol. The largest absolute Gasteiger partial charge is 0.419 e. The van der Waals surface area contributed by atoms with Gasteiger partial charge in [0.15, 0.2) is 0 Å². The molecule has 3 aromatic rings. The number of aromatic nitrogens is 4. The van der Waals surface area contributed by atoms with E-state index in [9.17, 15) is 0 Å². The molecule has 0 aliphatic carbocycles. The van der Waals surface area contributed by atoms with Crippen LogP contribution in [-0.2, 0) is 6.54 Å². The summed E-state index contributed by atoms with van der Waals surface area (Å²) in [5.74, 6) is 1.27. The number of hydrogen-bond acceptors (Lipinski definition) is 5. The first-order chi connectivity index (χ1) is 11.8. The van der Waals surface area contributed by atoms with Gasteiger partial charge in [-0.25, -0.2) is 0 Å². The molecule has 3 heterocycles. The molecule has 2 aromatic heterocycles. The second kappa shape index (κ2) is 6.57. The zero-order chi connectivity index (χ0) is 16.4. The van der Waals surface area contributed by atoms with Crippen LogP contribution in [-0.4, -0.2) is 37.5 Å². The minimum absolute atomic E-state index is 0.109. The highest BCUT2D eigenvalue weighted by Crippen LogP contribution is 2.30. The molecule has 0 radical (unpaired) electrons. The Morgan fingerprint density at radius 1 is 1.21 bits per heavy atom. The molecule has 1 fully saturated rings. The van der Waals surface area contributed by atoms with Gasteiger partial charge in [0.25, 0.3) is 0 Å². The van der Waals surface area contributed by atoms with Crippen LogP contribution in [0.25, 0.3) is 11.5 Å². The maximum Gasteiger partial charge on any atom is 0.247 e. The first kappa shape index (κ1) is 15.1. The van der Waals surface area contributed by atoms with Gasteiger partial charge in [0, 0.05) is 24.0 Å². The van der Waals surface area contributed by atoms with Crippen LogP contribution in [0.3, 0.4) is 0 Å². The molecule has 1 aliphatic heterocycles. The summed E-state index contributed by atoms with van der Waals surface area (Å²) in [6.07, 6.45) is 6.20. The predicted molar refractivity (Wildman–Crippen MR) is 90.1 cm³/mol. The maximum absolute atomic E-state index is 5.94. The monoisotopic (exact) mass is 323 g/mol. The fourth-order valence-corrected chi connectivity index (χ4v) is 3.43. The van der Waals surface area contributed by atoms with Crippen LogP contribution >= 0.6 is 0 Å². The SMILES string of the molecule is C[C@H](c1nnc(-c2ccccc2)o1)N1CCC[C@@H]1Cn1cccn1. The molecular formula is C18H21N5O. The molecule has 1 aromatic carbocycles. The predicted octanol–water partition coefficient (Wildman–Crippen LogP) is 3.16. The van der Waals surface area contributed by atoms with E-state index in [0.29, 0.717) is 17.8 Å². The molecule has 124 valence electrons. The molecule has 0 spiro atoms. The second-order valence-corrected chi connectivity index (χ2v) is 6.25. The van der Waals surface area contributed by atoms with Crippen molar-refractivity contribution in [2.75, 3.05) is 6.54 Å². The summed E-state index contributed by atoms with van der Waals surface area (Å²) in [6, 6.07) is 12.4. The van der Waals surface area contributed by atoms with Gasteiger partial charge in [-0.1, -0.05) is 18.2 Å². The van der Waals surface area contributed by atoms with Crippen molar-refractivity contribution < 1.29 is 4.42 Å². The summed E-state index contributed by atoms with van der Waals surface area (Å²) >= 11 is 0. The molecule has 1 saturated heterocycles. The Bertz CT molecular complexity index is 768. The summed E-state index contributed by atoms with van der Waals surface area (Å²) in [5.41, 5.74) is 0.956. The van der Waals surface area contributed by atoms with Crippen LogP contribution in [0.5, 0.6) is 0 Å². The van der Waals surface area contributed by atoms with Crippen molar-refractivity contribution in [3.05, 3.63) is 54.7 Å². The first-order valence-electron chi connectivity index (χ1n) is 8.43. The molecule has 24 heavy (non-hydrogen) atoms. The molecule has 2 atom stereocenters. The molecule has 0 saturated carbocycles. The third-order valence-electron chi connectivity index (χ3n) is 4.70. The summed E-state index contributed by atoms with van der Waals surface area (Å²) in [7, 11) is 0. The van der Waals surface area contributed by atoms with Crippen molar-refractivity contribution in [2.24, 2.45) is 0 Å². The van der Waals surface area contributed by atoms with Crippen LogP contribution in [0.1, 0.15) is 31.7 Å². The lowest BCUT2D eigenvalue weighted by Crippen LogP contribution is -2.35. The van der Waals surface area contributed by atoms with Crippen molar-refractivity contribution in [1.82, 2.24) is 24.9 Å². The smallest absolute Gasteiger partial charge is 0.247 e. The second-order valence-electron chi connectivity index (χ2n) is 6.25. The Morgan fingerprint density at radius 3 is 2.88 bits per heavy atom.